The van der Waals surface area contributed by atoms with Crippen LogP contribution in [0.1, 0.15) is 24.8 Å². The zero-order chi connectivity index (χ0) is 26.7. The van der Waals surface area contributed by atoms with Crippen molar-refractivity contribution in [2.24, 2.45) is 0 Å². The first-order chi connectivity index (χ1) is 17.4. The lowest BCUT2D eigenvalue weighted by Crippen LogP contribution is -2.43. The van der Waals surface area contributed by atoms with Gasteiger partial charge < -0.3 is 14.7 Å². The number of nitrogens with zero attached hydrogens (tertiary/aromatic N) is 5. The van der Waals surface area contributed by atoms with Gasteiger partial charge in [0.1, 0.15) is 5.82 Å². The summed E-state index contributed by atoms with van der Waals surface area (Å²) < 4.78 is 42.3. The first kappa shape index (κ1) is 28.0. The third-order valence-electron chi connectivity index (χ3n) is 7.42. The van der Waals surface area contributed by atoms with Gasteiger partial charge in [0.25, 0.3) is 0 Å². The molecule has 0 radical (unpaired) electrons. The summed E-state index contributed by atoms with van der Waals surface area (Å²) in [4.78, 5) is 27.6. The summed E-state index contributed by atoms with van der Waals surface area (Å²) in [5.74, 6) is 0.00173. The van der Waals surface area contributed by atoms with Gasteiger partial charge >= 0.3 is 0 Å². The highest BCUT2D eigenvalue weighted by Crippen LogP contribution is 2.55. The Morgan fingerprint density at radius 3 is 2.42 bits per heavy atom. The predicted molar refractivity (Wildman–Crippen MR) is 151 cm³/mol. The van der Waals surface area contributed by atoms with Crippen molar-refractivity contribution in [3.63, 3.8) is 0 Å². The lowest BCUT2D eigenvalue weighted by molar-refractivity contribution is -0.125. The van der Waals surface area contributed by atoms with E-state index in [1.807, 2.05) is 30.9 Å². The molecule has 3 heterocycles. The van der Waals surface area contributed by atoms with Gasteiger partial charge in [0.05, 0.1) is 34.8 Å². The van der Waals surface area contributed by atoms with E-state index in [1.54, 1.807) is 36.5 Å². The van der Waals surface area contributed by atoms with Crippen molar-refractivity contribution in [2.75, 3.05) is 62.1 Å². The summed E-state index contributed by atoms with van der Waals surface area (Å²) >= 11 is 0. The second-order valence-electron chi connectivity index (χ2n) is 10.4. The Kier molecular flexibility index (Phi) is 7.32. The van der Waals surface area contributed by atoms with Crippen LogP contribution in [0.4, 0.5) is 21.6 Å². The van der Waals surface area contributed by atoms with Gasteiger partial charge in [-0.3, -0.25) is 14.5 Å². The van der Waals surface area contributed by atoms with E-state index in [2.05, 4.69) is 14.7 Å². The summed E-state index contributed by atoms with van der Waals surface area (Å²) in [6.45, 7) is 1.36. The highest BCUT2D eigenvalue weighted by Gasteiger charge is 2.54. The number of hydrogen-bond acceptors (Lipinski definition) is 7. The van der Waals surface area contributed by atoms with Crippen LogP contribution in [0, 0.1) is 5.82 Å². The quantitative estimate of drug-likeness (QED) is 0.469. The highest BCUT2D eigenvalue weighted by molar-refractivity contribution is 7.92. The standard InChI is InChI=1S/C26H31FN6O3S.ClH/c1-31(2)9-10-32(3)24-21(30-37(5,35)36)11-16(14-29-24)17-12-18-20(13-19(17)27)28-15-22-23(18)26(7-6-8-26)25(34)33(22)4;/h11-15,30H,6-10H2,1-5H3;1H. The van der Waals surface area contributed by atoms with E-state index >= 15 is 4.39 Å². The van der Waals surface area contributed by atoms with E-state index in [4.69, 9.17) is 0 Å². The van der Waals surface area contributed by atoms with E-state index in [-0.39, 0.29) is 29.6 Å². The van der Waals surface area contributed by atoms with Crippen LogP contribution < -0.4 is 14.5 Å². The molecule has 2 aromatic heterocycles. The molecule has 204 valence electrons. The minimum Gasteiger partial charge on any atom is -0.357 e. The van der Waals surface area contributed by atoms with Gasteiger partial charge in [-0.15, -0.1) is 12.4 Å². The number of halogens is 2. The average Bonchev–Trinajstić information content (AvgIpc) is 3.03. The number of benzene rings is 1. The zero-order valence-corrected chi connectivity index (χ0v) is 23.7. The molecule has 0 unspecified atom stereocenters. The maximum atomic E-state index is 15.4. The van der Waals surface area contributed by atoms with Crippen molar-refractivity contribution in [3.8, 4) is 11.1 Å². The number of carbonyl (C=O) groups is 1. The van der Waals surface area contributed by atoms with Gasteiger partial charge in [-0.2, -0.15) is 0 Å². The summed E-state index contributed by atoms with van der Waals surface area (Å²) in [6, 6.07) is 4.70. The third kappa shape index (κ3) is 4.67. The number of sulfonamides is 1. The number of amides is 1. The Labute approximate surface area is 228 Å². The fourth-order valence-corrected chi connectivity index (χ4v) is 5.90. The number of nitrogens with one attached hydrogen (secondary N) is 1. The molecule has 9 nitrogen and oxygen atoms in total. The first-order valence-corrected chi connectivity index (χ1v) is 14.1. The molecular weight excluding hydrogens is 531 g/mol. The van der Waals surface area contributed by atoms with Crippen molar-refractivity contribution in [2.45, 2.75) is 24.7 Å². The fourth-order valence-electron chi connectivity index (χ4n) is 5.35. The largest absolute Gasteiger partial charge is 0.357 e. The van der Waals surface area contributed by atoms with Crippen LogP contribution in [-0.2, 0) is 20.2 Å². The Bertz CT molecular complexity index is 1530. The Morgan fingerprint density at radius 2 is 1.82 bits per heavy atom. The van der Waals surface area contributed by atoms with Crippen LogP contribution in [0.25, 0.3) is 22.0 Å². The fraction of sp³-hybridized carbons (Fsp3) is 0.423. The molecule has 1 aliphatic carbocycles. The van der Waals surface area contributed by atoms with Crippen molar-refractivity contribution in [3.05, 3.63) is 42.0 Å². The number of pyridine rings is 2. The molecule has 0 bridgehead atoms. The van der Waals surface area contributed by atoms with Crippen LogP contribution in [0.5, 0.6) is 0 Å². The van der Waals surface area contributed by atoms with Crippen molar-refractivity contribution < 1.29 is 17.6 Å². The molecule has 1 saturated carbocycles. The van der Waals surface area contributed by atoms with Gasteiger partial charge in [0.15, 0.2) is 5.82 Å². The molecule has 12 heteroatoms. The van der Waals surface area contributed by atoms with Gasteiger partial charge in [-0.05, 0) is 39.1 Å². The molecule has 1 fully saturated rings. The Morgan fingerprint density at radius 1 is 1.11 bits per heavy atom. The SMILES string of the molecule is CN(C)CCN(C)c1ncc(-c2cc3c4c(cnc3cc2F)N(C)C(=O)C42CCC2)cc1NS(C)(=O)=O.Cl. The number of aromatic nitrogens is 2. The molecule has 1 aromatic carbocycles. The zero-order valence-electron chi connectivity index (χ0n) is 22.1. The maximum Gasteiger partial charge on any atom is 0.237 e. The second kappa shape index (κ2) is 9.94. The van der Waals surface area contributed by atoms with Crippen LogP contribution >= 0.6 is 12.4 Å². The van der Waals surface area contributed by atoms with Crippen LogP contribution in [0.15, 0.2) is 30.6 Å². The number of carbonyl (C=O) groups excluding carboxylic acids is 1. The van der Waals surface area contributed by atoms with Crippen LogP contribution in [0.2, 0.25) is 0 Å². The molecule has 0 atom stereocenters. The first-order valence-electron chi connectivity index (χ1n) is 12.2. The molecule has 38 heavy (non-hydrogen) atoms. The van der Waals surface area contributed by atoms with Crippen molar-refractivity contribution in [1.29, 1.82) is 0 Å². The normalized spacial score (nSPS) is 16.0. The molecule has 1 spiro atoms. The third-order valence-corrected chi connectivity index (χ3v) is 8.01. The van der Waals surface area contributed by atoms with Gasteiger partial charge in [0, 0.05) is 61.5 Å². The summed E-state index contributed by atoms with van der Waals surface area (Å²) in [7, 11) is 3.87. The van der Waals surface area contributed by atoms with E-state index in [0.29, 0.717) is 23.4 Å². The topological polar surface area (TPSA) is 98.7 Å². The molecule has 0 saturated heterocycles. The predicted octanol–water partition coefficient (Wildman–Crippen LogP) is 3.63. The molecule has 3 aromatic rings. The number of anilines is 3. The highest BCUT2D eigenvalue weighted by atomic mass is 35.5. The summed E-state index contributed by atoms with van der Waals surface area (Å²) in [6.07, 6.45) is 6.74. The molecule has 2 aliphatic rings. The average molecular weight is 563 g/mol. The van der Waals surface area contributed by atoms with Crippen LogP contribution in [0.3, 0.4) is 0 Å². The number of likely N-dealkylation sites (N-methyl/N-ethyl adjacent to an activating group) is 3. The van der Waals surface area contributed by atoms with Crippen molar-refractivity contribution >= 4 is 56.4 Å². The van der Waals surface area contributed by atoms with Gasteiger partial charge in [-0.25, -0.2) is 17.8 Å². The minimum atomic E-state index is -3.61. The smallest absolute Gasteiger partial charge is 0.237 e. The van der Waals surface area contributed by atoms with Gasteiger partial charge in [-0.1, -0.05) is 6.42 Å². The Hall–Kier alpha value is -3.02. The molecular formula is C26H32ClFN6O3S. The van der Waals surface area contributed by atoms with Crippen LogP contribution in [-0.4, -0.2) is 76.7 Å². The summed E-state index contributed by atoms with van der Waals surface area (Å²) in [5.41, 5.74) is 2.52. The summed E-state index contributed by atoms with van der Waals surface area (Å²) in [5, 5.41) is 0.732. The van der Waals surface area contributed by atoms with E-state index in [0.717, 1.165) is 48.7 Å². The molecule has 1 N–H and O–H groups in total. The number of hydrogen-bond donors (Lipinski definition) is 1. The second-order valence-corrected chi connectivity index (χ2v) is 12.1. The maximum absolute atomic E-state index is 15.4. The number of rotatable bonds is 7. The monoisotopic (exact) mass is 562 g/mol. The Balaban J connectivity index is 0.00000336. The van der Waals surface area contributed by atoms with E-state index in [9.17, 15) is 13.2 Å². The number of fused-ring (bicyclic) bond motifs is 4. The lowest BCUT2D eigenvalue weighted by Gasteiger charge is -2.37. The molecule has 1 amide bonds. The van der Waals surface area contributed by atoms with E-state index < -0.39 is 21.3 Å². The van der Waals surface area contributed by atoms with Gasteiger partial charge in [0.2, 0.25) is 15.9 Å². The molecule has 1 aliphatic heterocycles. The lowest BCUT2D eigenvalue weighted by atomic mass is 9.64. The molecule has 5 rings (SSSR count). The minimum absolute atomic E-state index is 0. The van der Waals surface area contributed by atoms with E-state index in [1.165, 1.54) is 6.07 Å². The van der Waals surface area contributed by atoms with Crippen molar-refractivity contribution in [1.82, 2.24) is 14.9 Å².